The van der Waals surface area contributed by atoms with Crippen LogP contribution < -0.4 is 10.2 Å². The van der Waals surface area contributed by atoms with E-state index in [-0.39, 0.29) is 17.9 Å². The van der Waals surface area contributed by atoms with Gasteiger partial charge in [-0.15, -0.1) is 0 Å². The van der Waals surface area contributed by atoms with E-state index in [1.807, 2.05) is 79.2 Å². The van der Waals surface area contributed by atoms with Crippen molar-refractivity contribution in [3.63, 3.8) is 0 Å². The molecule has 7 nitrogen and oxygen atoms in total. The molecule has 4 aromatic rings. The predicted molar refractivity (Wildman–Crippen MR) is 129 cm³/mol. The maximum Gasteiger partial charge on any atom is 0.256 e. The number of hydrogen-bond donors (Lipinski definition) is 1. The Morgan fingerprint density at radius 2 is 1.82 bits per heavy atom. The lowest BCUT2D eigenvalue weighted by atomic mass is 10.1. The summed E-state index contributed by atoms with van der Waals surface area (Å²) >= 11 is 0. The summed E-state index contributed by atoms with van der Waals surface area (Å²) in [7, 11) is 0. The fourth-order valence-electron chi connectivity index (χ4n) is 4.18. The molecule has 0 saturated carbocycles. The standard InChI is InChI=1S/C26H25N5O2/c1-17(2)31-25-22(16-27-31)21(15-23(29-25)18-7-4-3-5-8-18)26(33)28-19-10-12-20(13-11-19)30-14-6-9-24(30)32/h3-5,7-8,10-13,15-17H,6,9,14H2,1-2H3,(H,28,33). The third-order valence-corrected chi connectivity index (χ3v) is 5.88. The minimum absolute atomic E-state index is 0.109. The van der Waals surface area contributed by atoms with Crippen LogP contribution in [0.5, 0.6) is 0 Å². The van der Waals surface area contributed by atoms with Crippen LogP contribution in [-0.2, 0) is 4.79 Å². The van der Waals surface area contributed by atoms with Crippen molar-refractivity contribution in [3.8, 4) is 11.3 Å². The third-order valence-electron chi connectivity index (χ3n) is 5.88. The fraction of sp³-hybridized carbons (Fsp3) is 0.231. The van der Waals surface area contributed by atoms with Crippen LogP contribution in [0.25, 0.3) is 22.3 Å². The van der Waals surface area contributed by atoms with Crippen LogP contribution in [0.3, 0.4) is 0 Å². The van der Waals surface area contributed by atoms with Crippen LogP contribution in [0.1, 0.15) is 43.1 Å². The lowest BCUT2D eigenvalue weighted by Gasteiger charge is -2.16. The first-order chi connectivity index (χ1) is 16.0. The molecule has 1 saturated heterocycles. The predicted octanol–water partition coefficient (Wildman–Crippen LogP) is 5.06. The molecular formula is C26H25N5O2. The van der Waals surface area contributed by atoms with Crippen molar-refractivity contribution >= 4 is 34.2 Å². The second-order valence-electron chi connectivity index (χ2n) is 8.49. The summed E-state index contributed by atoms with van der Waals surface area (Å²) in [6.07, 6.45) is 3.17. The number of carbonyl (C=O) groups excluding carboxylic acids is 2. The summed E-state index contributed by atoms with van der Waals surface area (Å²) in [5.74, 6) is -0.0885. The maximum atomic E-state index is 13.3. The van der Waals surface area contributed by atoms with E-state index in [4.69, 9.17) is 4.98 Å². The summed E-state index contributed by atoms with van der Waals surface area (Å²) in [5.41, 5.74) is 4.37. The van der Waals surface area contributed by atoms with Gasteiger partial charge in [-0.2, -0.15) is 5.10 Å². The Balaban J connectivity index is 1.49. The average molecular weight is 440 g/mol. The first kappa shape index (κ1) is 20.9. The second-order valence-corrected chi connectivity index (χ2v) is 8.49. The molecular weight excluding hydrogens is 414 g/mol. The molecule has 1 N–H and O–H groups in total. The molecule has 33 heavy (non-hydrogen) atoms. The Labute approximate surface area is 192 Å². The number of carbonyl (C=O) groups is 2. The number of benzene rings is 2. The molecule has 1 aliphatic heterocycles. The number of fused-ring (bicyclic) bond motifs is 1. The van der Waals surface area contributed by atoms with Crippen molar-refractivity contribution in [3.05, 3.63) is 72.4 Å². The van der Waals surface area contributed by atoms with Crippen LogP contribution in [0.15, 0.2) is 66.9 Å². The van der Waals surface area contributed by atoms with Crippen molar-refractivity contribution < 1.29 is 9.59 Å². The van der Waals surface area contributed by atoms with E-state index in [0.717, 1.165) is 29.9 Å². The normalized spacial score (nSPS) is 13.8. The van der Waals surface area contributed by atoms with Crippen LogP contribution in [0.2, 0.25) is 0 Å². The molecule has 0 aliphatic carbocycles. The van der Waals surface area contributed by atoms with Crippen molar-refractivity contribution in [1.82, 2.24) is 14.8 Å². The zero-order valence-electron chi connectivity index (χ0n) is 18.7. The first-order valence-electron chi connectivity index (χ1n) is 11.2. The van der Waals surface area contributed by atoms with Gasteiger partial charge in [0.1, 0.15) is 0 Å². The molecule has 0 unspecified atom stereocenters. The van der Waals surface area contributed by atoms with E-state index in [2.05, 4.69) is 10.4 Å². The molecule has 2 aromatic carbocycles. The molecule has 5 rings (SSSR count). The van der Waals surface area contributed by atoms with Crippen molar-refractivity contribution in [2.75, 3.05) is 16.8 Å². The molecule has 2 amide bonds. The van der Waals surface area contributed by atoms with E-state index in [9.17, 15) is 9.59 Å². The smallest absolute Gasteiger partial charge is 0.256 e. The van der Waals surface area contributed by atoms with Gasteiger partial charge in [0.05, 0.1) is 22.8 Å². The summed E-state index contributed by atoms with van der Waals surface area (Å²) in [6.45, 7) is 4.81. The highest BCUT2D eigenvalue weighted by Crippen LogP contribution is 2.28. The van der Waals surface area contributed by atoms with Gasteiger partial charge in [-0.05, 0) is 50.6 Å². The van der Waals surface area contributed by atoms with Gasteiger partial charge in [0.25, 0.3) is 5.91 Å². The Morgan fingerprint density at radius 3 is 2.48 bits per heavy atom. The van der Waals surface area contributed by atoms with E-state index in [1.165, 1.54) is 0 Å². The molecule has 0 spiro atoms. The lowest BCUT2D eigenvalue weighted by molar-refractivity contribution is -0.117. The molecule has 166 valence electrons. The average Bonchev–Trinajstić information content (AvgIpc) is 3.45. The van der Waals surface area contributed by atoms with Crippen LogP contribution in [0.4, 0.5) is 11.4 Å². The van der Waals surface area contributed by atoms with Gasteiger partial charge in [-0.1, -0.05) is 30.3 Å². The third kappa shape index (κ3) is 3.98. The maximum absolute atomic E-state index is 13.3. The SMILES string of the molecule is CC(C)n1ncc2c(C(=O)Nc3ccc(N4CCCC4=O)cc3)cc(-c3ccccc3)nc21. The van der Waals surface area contributed by atoms with Gasteiger partial charge in [-0.3, -0.25) is 9.59 Å². The molecule has 3 heterocycles. The number of nitrogens with zero attached hydrogens (tertiary/aromatic N) is 4. The van der Waals surface area contributed by atoms with Crippen LogP contribution >= 0.6 is 0 Å². The van der Waals surface area contributed by atoms with Gasteiger partial charge in [0, 0.05) is 35.9 Å². The minimum Gasteiger partial charge on any atom is -0.322 e. The Hall–Kier alpha value is -4.00. The fourth-order valence-corrected chi connectivity index (χ4v) is 4.18. The number of amides is 2. The summed E-state index contributed by atoms with van der Waals surface area (Å²) in [6, 6.07) is 19.1. The van der Waals surface area contributed by atoms with Gasteiger partial charge < -0.3 is 10.2 Å². The molecule has 1 fully saturated rings. The Bertz CT molecular complexity index is 1330. The molecule has 0 bridgehead atoms. The summed E-state index contributed by atoms with van der Waals surface area (Å²) < 4.78 is 1.83. The second kappa shape index (κ2) is 8.50. The molecule has 0 atom stereocenters. The Morgan fingerprint density at radius 1 is 1.06 bits per heavy atom. The number of aromatic nitrogens is 3. The van der Waals surface area contributed by atoms with Gasteiger partial charge >= 0.3 is 0 Å². The lowest BCUT2D eigenvalue weighted by Crippen LogP contribution is -2.23. The highest BCUT2D eigenvalue weighted by molar-refractivity contribution is 6.12. The van der Waals surface area contributed by atoms with Gasteiger partial charge in [0.15, 0.2) is 5.65 Å². The zero-order chi connectivity index (χ0) is 22.9. The Kier molecular flexibility index (Phi) is 5.38. The topological polar surface area (TPSA) is 80.1 Å². The molecule has 7 heteroatoms. The number of hydrogen-bond acceptors (Lipinski definition) is 4. The number of nitrogens with one attached hydrogen (secondary N) is 1. The quantitative estimate of drug-likeness (QED) is 0.471. The van der Waals surface area contributed by atoms with Crippen LogP contribution in [0, 0.1) is 0 Å². The number of anilines is 2. The minimum atomic E-state index is -0.229. The molecule has 0 radical (unpaired) electrons. The monoisotopic (exact) mass is 439 g/mol. The first-order valence-corrected chi connectivity index (χ1v) is 11.2. The number of pyridine rings is 1. The highest BCUT2D eigenvalue weighted by atomic mass is 16.2. The zero-order valence-corrected chi connectivity index (χ0v) is 18.7. The van der Waals surface area contributed by atoms with Gasteiger partial charge in [0.2, 0.25) is 5.91 Å². The van der Waals surface area contributed by atoms with E-state index >= 15 is 0 Å². The van der Waals surface area contributed by atoms with Crippen LogP contribution in [-0.4, -0.2) is 33.1 Å². The largest absolute Gasteiger partial charge is 0.322 e. The van der Waals surface area contributed by atoms with Gasteiger partial charge in [-0.25, -0.2) is 9.67 Å². The summed E-state index contributed by atoms with van der Waals surface area (Å²) in [5, 5.41) is 8.18. The summed E-state index contributed by atoms with van der Waals surface area (Å²) in [4.78, 5) is 31.9. The van der Waals surface area contributed by atoms with E-state index < -0.39 is 0 Å². The molecule has 2 aromatic heterocycles. The van der Waals surface area contributed by atoms with E-state index in [0.29, 0.717) is 28.7 Å². The van der Waals surface area contributed by atoms with Crippen molar-refractivity contribution in [2.45, 2.75) is 32.7 Å². The van der Waals surface area contributed by atoms with E-state index in [1.54, 1.807) is 11.1 Å². The highest BCUT2D eigenvalue weighted by Gasteiger charge is 2.22. The van der Waals surface area contributed by atoms with Crippen molar-refractivity contribution in [2.24, 2.45) is 0 Å². The number of rotatable bonds is 5. The molecule has 1 aliphatic rings. The van der Waals surface area contributed by atoms with Crippen molar-refractivity contribution in [1.29, 1.82) is 0 Å².